The predicted molar refractivity (Wildman–Crippen MR) is 136 cm³/mol. The molecule has 1 amide bonds. The van der Waals surface area contributed by atoms with Crippen molar-refractivity contribution < 1.29 is 14.3 Å². The fraction of sp³-hybridized carbons (Fsp3) is 0.480. The molecule has 2 aromatic heterocycles. The normalized spacial score (nSPS) is 11.2. The van der Waals surface area contributed by atoms with Crippen molar-refractivity contribution in [2.45, 2.75) is 47.1 Å². The zero-order chi connectivity index (χ0) is 24.7. The van der Waals surface area contributed by atoms with E-state index >= 15 is 0 Å². The Balaban J connectivity index is 1.52. The van der Waals surface area contributed by atoms with Crippen LogP contribution in [0.4, 0.5) is 0 Å². The lowest BCUT2D eigenvalue weighted by molar-refractivity contribution is -0.121. The lowest BCUT2D eigenvalue weighted by Crippen LogP contribution is -2.28. The van der Waals surface area contributed by atoms with Gasteiger partial charge >= 0.3 is 0 Å². The summed E-state index contributed by atoms with van der Waals surface area (Å²) in [7, 11) is 1.61. The molecule has 0 saturated carbocycles. The summed E-state index contributed by atoms with van der Waals surface area (Å²) in [5, 5.41) is 3.56. The van der Waals surface area contributed by atoms with Crippen LogP contribution in [0.2, 0.25) is 0 Å². The van der Waals surface area contributed by atoms with Crippen LogP contribution in [0.5, 0.6) is 11.5 Å². The van der Waals surface area contributed by atoms with Crippen molar-refractivity contribution in [2.75, 3.05) is 33.4 Å². The Hall–Kier alpha value is -2.91. The van der Waals surface area contributed by atoms with Gasteiger partial charge in [-0.2, -0.15) is 0 Å². The molecule has 3 aromatic rings. The van der Waals surface area contributed by atoms with Crippen LogP contribution >= 0.6 is 11.3 Å². The van der Waals surface area contributed by atoms with Gasteiger partial charge in [-0.15, -0.1) is 11.3 Å². The zero-order valence-electron chi connectivity index (χ0n) is 20.6. The highest BCUT2D eigenvalue weighted by molar-refractivity contribution is 7.18. The molecule has 0 aliphatic heterocycles. The van der Waals surface area contributed by atoms with E-state index in [1.54, 1.807) is 7.11 Å². The second kappa shape index (κ2) is 12.0. The highest BCUT2D eigenvalue weighted by Gasteiger charge is 2.13. The van der Waals surface area contributed by atoms with Gasteiger partial charge in [0.1, 0.15) is 17.3 Å². The first-order valence-corrected chi connectivity index (χ1v) is 12.5. The molecular formula is C25H34N4O4S. The van der Waals surface area contributed by atoms with E-state index in [2.05, 4.69) is 34.0 Å². The number of carbonyl (C=O) groups is 1. The molecule has 0 spiro atoms. The summed E-state index contributed by atoms with van der Waals surface area (Å²) in [6, 6.07) is 5.67. The van der Waals surface area contributed by atoms with Crippen molar-refractivity contribution in [2.24, 2.45) is 0 Å². The molecular weight excluding hydrogens is 452 g/mol. The van der Waals surface area contributed by atoms with Gasteiger partial charge in [-0.05, 0) is 50.2 Å². The number of likely N-dealkylation sites (N-methyl/N-ethyl adjacent to an activating group) is 1. The topological polar surface area (TPSA) is 96.5 Å². The first-order chi connectivity index (χ1) is 16.4. The van der Waals surface area contributed by atoms with E-state index < -0.39 is 0 Å². The minimum atomic E-state index is -0.145. The smallest absolute Gasteiger partial charge is 0.259 e. The number of aryl methyl sites for hydroxylation is 3. The number of carbonyl (C=O) groups excluding carboxylic acids is 1. The fourth-order valence-electron chi connectivity index (χ4n) is 3.70. The second-order valence-electron chi connectivity index (χ2n) is 8.11. The molecule has 8 nitrogen and oxygen atoms in total. The summed E-state index contributed by atoms with van der Waals surface area (Å²) < 4.78 is 11.4. The molecule has 2 N–H and O–H groups in total. The Morgan fingerprint density at radius 2 is 1.97 bits per heavy atom. The number of rotatable bonds is 12. The molecule has 0 fully saturated rings. The van der Waals surface area contributed by atoms with Crippen molar-refractivity contribution in [3.63, 3.8) is 0 Å². The molecule has 34 heavy (non-hydrogen) atoms. The van der Waals surface area contributed by atoms with E-state index in [1.165, 1.54) is 11.3 Å². The Bertz CT molecular complexity index is 1180. The molecule has 3 rings (SSSR count). The molecule has 0 aliphatic carbocycles. The molecule has 0 atom stereocenters. The van der Waals surface area contributed by atoms with Crippen molar-refractivity contribution >= 4 is 27.5 Å². The van der Waals surface area contributed by atoms with Crippen LogP contribution in [0, 0.1) is 13.8 Å². The standard InChI is InChI=1S/C25H34N4O4S/c1-6-29(7-2)12-13-33-19-9-8-18(14-20(19)32-5)15-26-22(30)11-10-21-27-24(31)23-16(3)17(4)34-25(23)28-21/h8-9,14H,6-7,10-13,15H2,1-5H3,(H,26,30)(H,27,28,31). The Morgan fingerprint density at radius 1 is 1.21 bits per heavy atom. The number of aromatic nitrogens is 2. The Morgan fingerprint density at radius 3 is 2.68 bits per heavy atom. The van der Waals surface area contributed by atoms with Crippen LogP contribution in [0.3, 0.4) is 0 Å². The molecule has 2 heterocycles. The number of H-pyrrole nitrogens is 1. The number of methoxy groups -OCH3 is 1. The quantitative estimate of drug-likeness (QED) is 0.406. The van der Waals surface area contributed by atoms with Gasteiger partial charge in [-0.1, -0.05) is 19.9 Å². The number of hydrogen-bond acceptors (Lipinski definition) is 7. The molecule has 0 radical (unpaired) electrons. The number of nitrogens with one attached hydrogen (secondary N) is 2. The summed E-state index contributed by atoms with van der Waals surface area (Å²) >= 11 is 1.51. The van der Waals surface area contributed by atoms with Crippen molar-refractivity contribution in [3.05, 3.63) is 50.4 Å². The molecule has 184 valence electrons. The van der Waals surface area contributed by atoms with Gasteiger partial charge in [0.25, 0.3) is 5.56 Å². The van der Waals surface area contributed by atoms with Crippen molar-refractivity contribution in [3.8, 4) is 11.5 Å². The maximum atomic E-state index is 12.4. The lowest BCUT2D eigenvalue weighted by Gasteiger charge is -2.19. The number of hydrogen-bond donors (Lipinski definition) is 2. The molecule has 0 saturated heterocycles. The number of benzene rings is 1. The van der Waals surface area contributed by atoms with E-state index in [9.17, 15) is 9.59 Å². The maximum absolute atomic E-state index is 12.4. The highest BCUT2D eigenvalue weighted by Crippen LogP contribution is 2.28. The van der Waals surface area contributed by atoms with Gasteiger partial charge < -0.3 is 24.7 Å². The third kappa shape index (κ3) is 6.36. The summed E-state index contributed by atoms with van der Waals surface area (Å²) in [5.74, 6) is 1.75. The number of amides is 1. The molecule has 0 unspecified atom stereocenters. The van der Waals surface area contributed by atoms with Gasteiger partial charge in [0.2, 0.25) is 5.91 Å². The van der Waals surface area contributed by atoms with Gasteiger partial charge in [-0.25, -0.2) is 4.98 Å². The Kier molecular flexibility index (Phi) is 9.06. The first kappa shape index (κ1) is 25.7. The van der Waals surface area contributed by atoms with Crippen LogP contribution in [0.25, 0.3) is 10.2 Å². The van der Waals surface area contributed by atoms with E-state index in [-0.39, 0.29) is 17.9 Å². The maximum Gasteiger partial charge on any atom is 0.259 e. The summed E-state index contributed by atoms with van der Waals surface area (Å²) in [4.78, 5) is 36.2. The molecule has 0 aliphatic rings. The van der Waals surface area contributed by atoms with Gasteiger partial charge in [0, 0.05) is 30.8 Å². The number of ether oxygens (including phenoxy) is 2. The zero-order valence-corrected chi connectivity index (χ0v) is 21.4. The molecule has 1 aromatic carbocycles. The third-order valence-electron chi connectivity index (χ3n) is 5.95. The molecule has 9 heteroatoms. The van der Waals surface area contributed by atoms with E-state index in [0.717, 1.165) is 40.5 Å². The van der Waals surface area contributed by atoms with Crippen molar-refractivity contribution in [1.82, 2.24) is 20.2 Å². The van der Waals surface area contributed by atoms with E-state index in [1.807, 2.05) is 32.0 Å². The monoisotopic (exact) mass is 486 g/mol. The summed E-state index contributed by atoms with van der Waals surface area (Å²) in [5.41, 5.74) is 1.74. The average molecular weight is 487 g/mol. The van der Waals surface area contributed by atoms with Crippen LogP contribution in [0.1, 0.15) is 42.1 Å². The SMILES string of the molecule is CCN(CC)CCOc1ccc(CNC(=O)CCc2nc3sc(C)c(C)c3c(=O)[nH]2)cc1OC. The van der Waals surface area contributed by atoms with Crippen LogP contribution in [-0.4, -0.2) is 54.1 Å². The number of fused-ring (bicyclic) bond motifs is 1. The number of nitrogens with zero attached hydrogens (tertiary/aromatic N) is 2. The van der Waals surface area contributed by atoms with E-state index in [0.29, 0.717) is 42.3 Å². The van der Waals surface area contributed by atoms with Crippen LogP contribution in [0.15, 0.2) is 23.0 Å². The van der Waals surface area contributed by atoms with Gasteiger partial charge in [0.05, 0.1) is 12.5 Å². The predicted octanol–water partition coefficient (Wildman–Crippen LogP) is 3.58. The second-order valence-corrected chi connectivity index (χ2v) is 9.32. The highest BCUT2D eigenvalue weighted by atomic mass is 32.1. The first-order valence-electron chi connectivity index (χ1n) is 11.6. The minimum Gasteiger partial charge on any atom is -0.493 e. The van der Waals surface area contributed by atoms with Gasteiger partial charge in [0.15, 0.2) is 11.5 Å². The number of thiophene rings is 1. The summed E-state index contributed by atoms with van der Waals surface area (Å²) in [6.07, 6.45) is 0.608. The summed E-state index contributed by atoms with van der Waals surface area (Å²) in [6.45, 7) is 12.0. The lowest BCUT2D eigenvalue weighted by atomic mass is 10.2. The van der Waals surface area contributed by atoms with E-state index in [4.69, 9.17) is 9.47 Å². The van der Waals surface area contributed by atoms with Crippen LogP contribution < -0.4 is 20.3 Å². The van der Waals surface area contributed by atoms with Gasteiger partial charge in [-0.3, -0.25) is 9.59 Å². The Labute approximate surface area is 204 Å². The third-order valence-corrected chi connectivity index (χ3v) is 7.06. The largest absolute Gasteiger partial charge is 0.493 e. The minimum absolute atomic E-state index is 0.111. The number of aromatic amines is 1. The average Bonchev–Trinajstić information content (AvgIpc) is 3.13. The van der Waals surface area contributed by atoms with Crippen LogP contribution in [-0.2, 0) is 17.8 Å². The molecule has 0 bridgehead atoms. The van der Waals surface area contributed by atoms with Crippen molar-refractivity contribution in [1.29, 1.82) is 0 Å². The fourth-order valence-corrected chi connectivity index (χ4v) is 4.75.